The molecule has 1 aromatic heterocycles. The molecule has 5 nitrogen and oxygen atoms in total. The summed E-state index contributed by atoms with van der Waals surface area (Å²) in [5.41, 5.74) is 1.67. The van der Waals surface area contributed by atoms with Crippen molar-refractivity contribution in [3.05, 3.63) is 40.3 Å². The molecule has 0 saturated carbocycles. The van der Waals surface area contributed by atoms with Crippen LogP contribution in [0.2, 0.25) is 0 Å². The Morgan fingerprint density at radius 3 is 2.65 bits per heavy atom. The van der Waals surface area contributed by atoms with E-state index in [0.29, 0.717) is 31.6 Å². The SMILES string of the molecule is CCN(CC)C(=O)CCc1nc2ccccc2[nH]c1=O. The number of nitrogens with one attached hydrogen (secondary N) is 1. The van der Waals surface area contributed by atoms with Gasteiger partial charge in [0.15, 0.2) is 0 Å². The van der Waals surface area contributed by atoms with Gasteiger partial charge in [-0.25, -0.2) is 4.98 Å². The van der Waals surface area contributed by atoms with E-state index in [4.69, 9.17) is 0 Å². The fraction of sp³-hybridized carbons (Fsp3) is 0.400. The number of nitrogens with zero attached hydrogens (tertiary/aromatic N) is 2. The van der Waals surface area contributed by atoms with Crippen molar-refractivity contribution in [1.82, 2.24) is 14.9 Å². The molecule has 0 bridgehead atoms. The van der Waals surface area contributed by atoms with E-state index in [1.54, 1.807) is 4.90 Å². The van der Waals surface area contributed by atoms with Gasteiger partial charge in [0.05, 0.1) is 11.0 Å². The number of H-pyrrole nitrogens is 1. The average molecular weight is 273 g/mol. The Labute approximate surface area is 117 Å². The summed E-state index contributed by atoms with van der Waals surface area (Å²) in [6.07, 6.45) is 0.686. The van der Waals surface area contributed by atoms with Crippen LogP contribution >= 0.6 is 0 Å². The van der Waals surface area contributed by atoms with Crippen molar-refractivity contribution in [3.8, 4) is 0 Å². The maximum Gasteiger partial charge on any atom is 0.270 e. The van der Waals surface area contributed by atoms with E-state index in [2.05, 4.69) is 9.97 Å². The van der Waals surface area contributed by atoms with E-state index in [-0.39, 0.29) is 11.5 Å². The number of hydrogen-bond donors (Lipinski definition) is 1. The molecule has 0 atom stereocenters. The van der Waals surface area contributed by atoms with E-state index in [1.807, 2.05) is 38.1 Å². The number of benzene rings is 1. The summed E-state index contributed by atoms with van der Waals surface area (Å²) in [6.45, 7) is 5.28. The van der Waals surface area contributed by atoms with E-state index < -0.39 is 0 Å². The molecule has 0 aliphatic heterocycles. The van der Waals surface area contributed by atoms with Gasteiger partial charge in [0.25, 0.3) is 5.56 Å². The number of amides is 1. The van der Waals surface area contributed by atoms with Gasteiger partial charge in [-0.15, -0.1) is 0 Å². The maximum atomic E-state index is 11.9. The predicted molar refractivity (Wildman–Crippen MR) is 78.6 cm³/mol. The standard InChI is InChI=1S/C15H19N3O2/c1-3-18(4-2)14(19)10-9-13-15(20)17-12-8-6-5-7-11(12)16-13/h5-8H,3-4,9-10H2,1-2H3,(H,17,20). The number of fused-ring (bicyclic) bond motifs is 1. The van der Waals surface area contributed by atoms with Gasteiger partial charge in [0, 0.05) is 25.9 Å². The number of aryl methyl sites for hydroxylation is 1. The first kappa shape index (κ1) is 14.2. The van der Waals surface area contributed by atoms with Crippen molar-refractivity contribution >= 4 is 16.9 Å². The van der Waals surface area contributed by atoms with Gasteiger partial charge in [-0.1, -0.05) is 12.1 Å². The minimum Gasteiger partial charge on any atom is -0.343 e. The lowest BCUT2D eigenvalue weighted by atomic mass is 10.2. The molecule has 0 aliphatic carbocycles. The smallest absolute Gasteiger partial charge is 0.270 e. The quantitative estimate of drug-likeness (QED) is 0.902. The molecule has 1 aromatic carbocycles. The zero-order valence-electron chi connectivity index (χ0n) is 11.8. The fourth-order valence-corrected chi connectivity index (χ4v) is 2.20. The topological polar surface area (TPSA) is 66.1 Å². The number of aromatic amines is 1. The number of carbonyl (C=O) groups is 1. The molecule has 0 spiro atoms. The van der Waals surface area contributed by atoms with E-state index in [9.17, 15) is 9.59 Å². The summed E-state index contributed by atoms with van der Waals surface area (Å²) in [7, 11) is 0. The highest BCUT2D eigenvalue weighted by atomic mass is 16.2. The Balaban J connectivity index is 2.16. The summed E-state index contributed by atoms with van der Waals surface area (Å²) in [6, 6.07) is 7.39. The van der Waals surface area contributed by atoms with Crippen LogP contribution < -0.4 is 5.56 Å². The molecule has 0 fully saturated rings. The molecule has 0 aliphatic rings. The first-order valence-electron chi connectivity index (χ1n) is 6.91. The normalized spacial score (nSPS) is 10.7. The van der Waals surface area contributed by atoms with Gasteiger partial charge in [0.2, 0.25) is 5.91 Å². The number of hydrogen-bond acceptors (Lipinski definition) is 3. The first-order valence-corrected chi connectivity index (χ1v) is 6.91. The van der Waals surface area contributed by atoms with E-state index in [0.717, 1.165) is 11.0 Å². The van der Waals surface area contributed by atoms with Crippen molar-refractivity contribution in [2.24, 2.45) is 0 Å². The van der Waals surface area contributed by atoms with Crippen LogP contribution in [0.4, 0.5) is 0 Å². The molecule has 1 N–H and O–H groups in total. The van der Waals surface area contributed by atoms with Crippen molar-refractivity contribution in [2.75, 3.05) is 13.1 Å². The van der Waals surface area contributed by atoms with E-state index >= 15 is 0 Å². The first-order chi connectivity index (χ1) is 9.65. The van der Waals surface area contributed by atoms with Gasteiger partial charge in [-0.3, -0.25) is 9.59 Å². The van der Waals surface area contributed by atoms with Gasteiger partial charge >= 0.3 is 0 Å². The van der Waals surface area contributed by atoms with Gasteiger partial charge in [0.1, 0.15) is 5.69 Å². The van der Waals surface area contributed by atoms with Gasteiger partial charge in [-0.2, -0.15) is 0 Å². The number of carbonyl (C=O) groups excluding carboxylic acids is 1. The summed E-state index contributed by atoms with van der Waals surface area (Å²) in [4.78, 5) is 32.7. The van der Waals surface area contributed by atoms with Gasteiger partial charge < -0.3 is 9.88 Å². The van der Waals surface area contributed by atoms with Crippen LogP contribution in [0, 0.1) is 0 Å². The summed E-state index contributed by atoms with van der Waals surface area (Å²) >= 11 is 0. The Kier molecular flexibility index (Phi) is 4.50. The highest BCUT2D eigenvalue weighted by Gasteiger charge is 2.12. The van der Waals surface area contributed by atoms with Gasteiger partial charge in [-0.05, 0) is 26.0 Å². The highest BCUT2D eigenvalue weighted by Crippen LogP contribution is 2.07. The van der Waals surface area contributed by atoms with Crippen LogP contribution in [0.3, 0.4) is 0 Å². The second-order valence-electron chi connectivity index (χ2n) is 4.60. The monoisotopic (exact) mass is 273 g/mol. The third-order valence-electron chi connectivity index (χ3n) is 3.36. The van der Waals surface area contributed by atoms with Crippen LogP contribution in [0.25, 0.3) is 11.0 Å². The van der Waals surface area contributed by atoms with Crippen LogP contribution in [0.5, 0.6) is 0 Å². The zero-order chi connectivity index (χ0) is 14.5. The van der Waals surface area contributed by atoms with Crippen LogP contribution in [-0.4, -0.2) is 33.9 Å². The Morgan fingerprint density at radius 2 is 1.95 bits per heavy atom. The van der Waals surface area contributed by atoms with Crippen LogP contribution in [0.1, 0.15) is 26.0 Å². The van der Waals surface area contributed by atoms with Crippen molar-refractivity contribution < 1.29 is 4.79 Å². The lowest BCUT2D eigenvalue weighted by Gasteiger charge is -2.18. The Morgan fingerprint density at radius 1 is 1.25 bits per heavy atom. The Hall–Kier alpha value is -2.17. The molecule has 2 aromatic rings. The summed E-state index contributed by atoms with van der Waals surface area (Å²) in [5, 5.41) is 0. The molecule has 5 heteroatoms. The molecular weight excluding hydrogens is 254 g/mol. The van der Waals surface area contributed by atoms with Crippen LogP contribution in [-0.2, 0) is 11.2 Å². The van der Waals surface area contributed by atoms with E-state index in [1.165, 1.54) is 0 Å². The lowest BCUT2D eigenvalue weighted by molar-refractivity contribution is -0.130. The molecule has 1 heterocycles. The summed E-state index contributed by atoms with van der Waals surface area (Å²) < 4.78 is 0. The molecular formula is C15H19N3O2. The van der Waals surface area contributed by atoms with Crippen LogP contribution in [0.15, 0.2) is 29.1 Å². The lowest BCUT2D eigenvalue weighted by Crippen LogP contribution is -2.31. The van der Waals surface area contributed by atoms with Crippen molar-refractivity contribution in [1.29, 1.82) is 0 Å². The second-order valence-corrected chi connectivity index (χ2v) is 4.60. The third kappa shape index (κ3) is 3.04. The third-order valence-corrected chi connectivity index (χ3v) is 3.36. The molecule has 0 unspecified atom stereocenters. The molecule has 1 amide bonds. The minimum atomic E-state index is -0.212. The largest absolute Gasteiger partial charge is 0.343 e. The molecule has 0 radical (unpaired) electrons. The predicted octanol–water partition coefficient (Wildman–Crippen LogP) is 1.72. The summed E-state index contributed by atoms with van der Waals surface area (Å²) in [5.74, 6) is 0.0596. The maximum absolute atomic E-state index is 11.9. The fourth-order valence-electron chi connectivity index (χ4n) is 2.20. The van der Waals surface area contributed by atoms with Crippen molar-refractivity contribution in [3.63, 3.8) is 0 Å². The molecule has 0 saturated heterocycles. The molecule has 2 rings (SSSR count). The molecule has 20 heavy (non-hydrogen) atoms. The highest BCUT2D eigenvalue weighted by molar-refractivity contribution is 5.76. The second kappa shape index (κ2) is 6.32. The minimum absolute atomic E-state index is 0.0596. The van der Waals surface area contributed by atoms with Crippen molar-refractivity contribution in [2.45, 2.75) is 26.7 Å². The number of rotatable bonds is 5. The zero-order valence-corrected chi connectivity index (χ0v) is 11.8. The average Bonchev–Trinajstić information content (AvgIpc) is 2.46. The number of aromatic nitrogens is 2. The Bertz CT molecular complexity index is 659. The molecule has 106 valence electrons. The number of para-hydroxylation sites is 2.